The fraction of sp³-hybridized carbons (Fsp3) is 0.643. The van der Waals surface area contributed by atoms with Gasteiger partial charge in [-0.3, -0.25) is 29.0 Å². The van der Waals surface area contributed by atoms with Crippen molar-refractivity contribution in [2.75, 3.05) is 78.7 Å². The van der Waals surface area contributed by atoms with Gasteiger partial charge in [0.15, 0.2) is 0 Å². The van der Waals surface area contributed by atoms with Gasteiger partial charge in [0.1, 0.15) is 8.64 Å². The number of thioether (sulfide) groups is 2. The van der Waals surface area contributed by atoms with Gasteiger partial charge in [-0.25, -0.2) is 9.59 Å². The molecule has 0 bridgehead atoms. The molecular formula is C28H38N6O8S4. The first-order chi connectivity index (χ1) is 22.0. The molecule has 0 spiro atoms. The highest BCUT2D eigenvalue weighted by Crippen LogP contribution is 2.42. The molecular weight excluding hydrogens is 677 g/mol. The second kappa shape index (κ2) is 16.7. The van der Waals surface area contributed by atoms with Crippen LogP contribution in [-0.4, -0.2) is 153 Å². The molecule has 4 aliphatic rings. The Kier molecular flexibility index (Phi) is 13.1. The zero-order valence-corrected chi connectivity index (χ0v) is 29.2. The molecule has 0 aromatic carbocycles. The van der Waals surface area contributed by atoms with E-state index in [1.54, 1.807) is 33.4 Å². The molecule has 4 rings (SSSR count). The third-order valence-electron chi connectivity index (χ3n) is 7.77. The third kappa shape index (κ3) is 8.68. The Labute approximate surface area is 287 Å². The van der Waals surface area contributed by atoms with Crippen LogP contribution in [0.25, 0.3) is 0 Å². The smallest absolute Gasteiger partial charge is 0.409 e. The maximum absolute atomic E-state index is 13.3. The second-order valence-corrected chi connectivity index (χ2v) is 13.9. The number of rotatable bonds is 10. The van der Waals surface area contributed by atoms with Gasteiger partial charge < -0.3 is 29.1 Å². The number of carbonyl (C=O) groups is 6. The summed E-state index contributed by atoms with van der Waals surface area (Å²) in [6.45, 7) is 7.86. The van der Waals surface area contributed by atoms with Crippen molar-refractivity contribution in [2.45, 2.75) is 39.5 Å². The van der Waals surface area contributed by atoms with Crippen LogP contribution in [0.2, 0.25) is 0 Å². The highest BCUT2D eigenvalue weighted by molar-refractivity contribution is 8.29. The molecule has 6 amide bonds. The normalized spacial score (nSPS) is 20.7. The Morgan fingerprint density at radius 1 is 0.609 bits per heavy atom. The van der Waals surface area contributed by atoms with Crippen LogP contribution >= 0.6 is 48.0 Å². The van der Waals surface area contributed by atoms with Gasteiger partial charge in [0.2, 0.25) is 11.8 Å². The SMILES string of the molecule is CCOC(=O)N1CCN(C(=O)CCCN2C(=O)/C(=C3\SC(=S)N(CCCC(=O)N4CCN(C(=O)OCC)CC4)C3=O)SC2=S)CC1. The molecule has 0 unspecified atom stereocenters. The Bertz CT molecular complexity index is 1200. The van der Waals surface area contributed by atoms with E-state index < -0.39 is 0 Å². The molecule has 252 valence electrons. The van der Waals surface area contributed by atoms with Gasteiger partial charge in [-0.15, -0.1) is 0 Å². The zero-order chi connectivity index (χ0) is 33.4. The molecule has 4 aliphatic heterocycles. The molecule has 0 saturated carbocycles. The minimum absolute atomic E-state index is 0.0627. The van der Waals surface area contributed by atoms with Crippen molar-refractivity contribution in [1.82, 2.24) is 29.4 Å². The summed E-state index contributed by atoms with van der Waals surface area (Å²) in [4.78, 5) is 85.6. The molecule has 4 heterocycles. The second-order valence-electron chi connectivity index (χ2n) is 10.6. The van der Waals surface area contributed by atoms with Gasteiger partial charge >= 0.3 is 12.2 Å². The first-order valence-corrected chi connectivity index (χ1v) is 17.7. The minimum Gasteiger partial charge on any atom is -0.450 e. The molecule has 18 heteroatoms. The molecule has 0 radical (unpaired) electrons. The summed E-state index contributed by atoms with van der Waals surface area (Å²) >= 11 is 13.0. The van der Waals surface area contributed by atoms with Gasteiger partial charge in [0.25, 0.3) is 11.8 Å². The van der Waals surface area contributed by atoms with E-state index in [1.165, 1.54) is 9.80 Å². The van der Waals surface area contributed by atoms with Crippen LogP contribution in [-0.2, 0) is 28.7 Å². The number of nitrogens with zero attached hydrogens (tertiary/aromatic N) is 6. The molecule has 0 N–H and O–H groups in total. The molecule has 0 aromatic heterocycles. The van der Waals surface area contributed by atoms with E-state index in [0.29, 0.717) is 87.1 Å². The van der Waals surface area contributed by atoms with Crippen LogP contribution in [0.5, 0.6) is 0 Å². The van der Waals surface area contributed by atoms with Crippen LogP contribution in [0.3, 0.4) is 0 Å². The Morgan fingerprint density at radius 2 is 0.935 bits per heavy atom. The summed E-state index contributed by atoms with van der Waals surface area (Å²) < 4.78 is 10.7. The average Bonchev–Trinajstić information content (AvgIpc) is 3.49. The first kappa shape index (κ1) is 35.9. The van der Waals surface area contributed by atoms with Crippen molar-refractivity contribution in [3.8, 4) is 0 Å². The van der Waals surface area contributed by atoms with Gasteiger partial charge in [-0.05, 0) is 26.7 Å². The van der Waals surface area contributed by atoms with Crippen molar-refractivity contribution in [2.24, 2.45) is 0 Å². The molecule has 0 aliphatic carbocycles. The fourth-order valence-corrected chi connectivity index (χ4v) is 8.03. The number of hydrogen-bond donors (Lipinski definition) is 0. The van der Waals surface area contributed by atoms with E-state index in [-0.39, 0.29) is 71.6 Å². The maximum Gasteiger partial charge on any atom is 0.409 e. The van der Waals surface area contributed by atoms with Crippen molar-refractivity contribution >= 4 is 92.4 Å². The fourth-order valence-electron chi connectivity index (χ4n) is 5.26. The number of hydrogen-bond acceptors (Lipinski definition) is 12. The van der Waals surface area contributed by atoms with E-state index in [1.807, 2.05) is 0 Å². The van der Waals surface area contributed by atoms with Crippen molar-refractivity contribution in [3.63, 3.8) is 0 Å². The van der Waals surface area contributed by atoms with Gasteiger partial charge in [-0.1, -0.05) is 48.0 Å². The topological polar surface area (TPSA) is 140 Å². The highest BCUT2D eigenvalue weighted by atomic mass is 32.2. The Morgan fingerprint density at radius 3 is 1.26 bits per heavy atom. The summed E-state index contributed by atoms with van der Waals surface area (Å²) in [5.41, 5.74) is 0. The maximum atomic E-state index is 13.3. The Hall–Kier alpha value is -2.96. The molecule has 0 atom stereocenters. The predicted octanol–water partition coefficient (Wildman–Crippen LogP) is 2.08. The van der Waals surface area contributed by atoms with Crippen LogP contribution in [0.1, 0.15) is 39.5 Å². The summed E-state index contributed by atoms with van der Waals surface area (Å²) in [7, 11) is 0. The molecule has 14 nitrogen and oxygen atoms in total. The van der Waals surface area contributed by atoms with E-state index in [9.17, 15) is 28.8 Å². The Balaban J connectivity index is 1.21. The lowest BCUT2D eigenvalue weighted by molar-refractivity contribution is -0.133. The quantitative estimate of drug-likeness (QED) is 0.242. The predicted molar refractivity (Wildman–Crippen MR) is 180 cm³/mol. The van der Waals surface area contributed by atoms with Gasteiger partial charge in [-0.2, -0.15) is 0 Å². The number of thiocarbonyl (C=S) groups is 2. The van der Waals surface area contributed by atoms with Crippen LogP contribution in [0.15, 0.2) is 9.81 Å². The summed E-state index contributed by atoms with van der Waals surface area (Å²) in [5, 5.41) is 0. The summed E-state index contributed by atoms with van der Waals surface area (Å²) in [6.07, 6.45) is 0.458. The molecule has 46 heavy (non-hydrogen) atoms. The molecule has 0 aromatic rings. The number of amides is 6. The molecule has 4 saturated heterocycles. The van der Waals surface area contributed by atoms with Crippen LogP contribution in [0.4, 0.5) is 9.59 Å². The zero-order valence-electron chi connectivity index (χ0n) is 25.9. The van der Waals surface area contributed by atoms with E-state index in [2.05, 4.69) is 0 Å². The van der Waals surface area contributed by atoms with E-state index in [4.69, 9.17) is 33.9 Å². The third-order valence-corrected chi connectivity index (χ3v) is 10.8. The molecule has 4 fully saturated rings. The lowest BCUT2D eigenvalue weighted by Gasteiger charge is -2.34. The van der Waals surface area contributed by atoms with Crippen molar-refractivity contribution in [1.29, 1.82) is 0 Å². The summed E-state index contributed by atoms with van der Waals surface area (Å²) in [5.74, 6) is -0.897. The van der Waals surface area contributed by atoms with E-state index in [0.717, 1.165) is 23.5 Å². The van der Waals surface area contributed by atoms with Crippen LogP contribution < -0.4 is 0 Å². The standard InChI is InChI=1S/C28H38N6O8S4/c1-3-41-25(39)31-15-11-29(12-16-31)19(35)7-5-9-33-23(37)21(45-27(33)43)22-24(38)34(28(44)46-22)10-6-8-20(36)30-13-17-32(18-14-30)26(40)42-4-2/h3-18H2,1-2H3/b22-21+. The summed E-state index contributed by atoms with van der Waals surface area (Å²) in [6, 6.07) is 0. The van der Waals surface area contributed by atoms with Gasteiger partial charge in [0.05, 0.1) is 23.0 Å². The monoisotopic (exact) mass is 714 g/mol. The average molecular weight is 715 g/mol. The van der Waals surface area contributed by atoms with Crippen molar-refractivity contribution < 1.29 is 38.2 Å². The lowest BCUT2D eigenvalue weighted by atomic mass is 10.2. The largest absolute Gasteiger partial charge is 0.450 e. The van der Waals surface area contributed by atoms with Crippen LogP contribution in [0, 0.1) is 0 Å². The van der Waals surface area contributed by atoms with Gasteiger partial charge in [0, 0.05) is 78.3 Å². The number of carbonyl (C=O) groups excluding carboxylic acids is 6. The minimum atomic E-state index is -0.386. The number of ether oxygens (including phenoxy) is 2. The van der Waals surface area contributed by atoms with E-state index >= 15 is 0 Å². The van der Waals surface area contributed by atoms with Crippen molar-refractivity contribution in [3.05, 3.63) is 9.81 Å². The highest BCUT2D eigenvalue weighted by Gasteiger charge is 2.42. The lowest BCUT2D eigenvalue weighted by Crippen LogP contribution is -2.50. The first-order valence-electron chi connectivity index (χ1n) is 15.3. The number of piperazine rings is 2.